The minimum Gasteiger partial charge on any atom is -0.508 e. The summed E-state index contributed by atoms with van der Waals surface area (Å²) in [5.41, 5.74) is 5.39. The largest absolute Gasteiger partial charge is 0.508 e. The van der Waals surface area contributed by atoms with Crippen molar-refractivity contribution in [3.8, 4) is 22.6 Å². The molecule has 3 aliphatic rings. The number of carbonyl (C=O) groups is 2. The van der Waals surface area contributed by atoms with E-state index in [0.717, 1.165) is 53.1 Å². The lowest BCUT2D eigenvalue weighted by atomic mass is 9.64. The first-order chi connectivity index (χ1) is 19.4. The van der Waals surface area contributed by atoms with Crippen LogP contribution in [0.2, 0.25) is 0 Å². The Morgan fingerprint density at radius 1 is 0.925 bits per heavy atom. The zero-order valence-electron chi connectivity index (χ0n) is 23.1. The molecule has 3 aromatic carbocycles. The standard InChI is InChI=1S/C34H38N2O4/c1-36(20-22-2-3-22)31-18-25-10-14-29(33(39)32(25)30-19-27(38)13-15-28(30)31)34(40)35-17-16-21-4-6-23(7-5-21)24-8-11-26(37)12-9-24/h4-12,14,22,28,30-31,37,39H,2-3,13,15-20H2,1H3,(H,35,40)/t28-,30?,31-/m1/s1. The molecule has 2 fully saturated rings. The van der Waals surface area contributed by atoms with Crippen molar-refractivity contribution in [2.24, 2.45) is 11.8 Å². The summed E-state index contributed by atoms with van der Waals surface area (Å²) in [6.45, 7) is 1.55. The van der Waals surface area contributed by atoms with Crippen LogP contribution in [0, 0.1) is 11.8 Å². The minimum absolute atomic E-state index is 0.0310. The van der Waals surface area contributed by atoms with Crippen molar-refractivity contribution >= 4 is 11.7 Å². The van der Waals surface area contributed by atoms with Crippen LogP contribution >= 0.6 is 0 Å². The average Bonchev–Trinajstić information content (AvgIpc) is 3.77. The molecule has 3 atom stereocenters. The molecule has 0 aromatic heterocycles. The van der Waals surface area contributed by atoms with Gasteiger partial charge in [0.05, 0.1) is 5.56 Å². The summed E-state index contributed by atoms with van der Waals surface area (Å²) in [5.74, 6) is 1.36. The smallest absolute Gasteiger partial charge is 0.255 e. The maximum Gasteiger partial charge on any atom is 0.255 e. The molecule has 1 unspecified atom stereocenters. The number of nitrogens with zero attached hydrogens (tertiary/aromatic N) is 1. The van der Waals surface area contributed by atoms with E-state index in [1.807, 2.05) is 42.5 Å². The molecule has 40 heavy (non-hydrogen) atoms. The lowest BCUT2D eigenvalue weighted by Crippen LogP contribution is -2.47. The number of aromatic hydroxyl groups is 2. The van der Waals surface area contributed by atoms with Gasteiger partial charge in [0.25, 0.3) is 5.91 Å². The van der Waals surface area contributed by atoms with E-state index in [1.54, 1.807) is 18.2 Å². The second-order valence-corrected chi connectivity index (χ2v) is 12.0. The quantitative estimate of drug-likeness (QED) is 0.355. The first kappa shape index (κ1) is 26.6. The molecule has 2 saturated carbocycles. The van der Waals surface area contributed by atoms with Gasteiger partial charge in [0, 0.05) is 37.5 Å². The SMILES string of the molecule is CN(CC1CC1)[C@@H]1Cc2ccc(C(=O)NCCc3ccc(-c4ccc(O)cc4)cc3)c(O)c2C2CC(=O)CC[C@H]21. The van der Waals surface area contributed by atoms with Crippen molar-refractivity contribution in [2.45, 2.75) is 56.9 Å². The van der Waals surface area contributed by atoms with Gasteiger partial charge in [-0.15, -0.1) is 0 Å². The molecule has 0 spiro atoms. The number of likely N-dealkylation sites (N-methyl/N-ethyl adjacent to an activating group) is 1. The van der Waals surface area contributed by atoms with Crippen molar-refractivity contribution < 1.29 is 19.8 Å². The Kier molecular flexibility index (Phi) is 7.37. The Hall–Kier alpha value is -3.64. The average molecular weight is 539 g/mol. The molecule has 6 rings (SSSR count). The first-order valence-corrected chi connectivity index (χ1v) is 14.6. The molecular weight excluding hydrogens is 500 g/mol. The lowest BCUT2D eigenvalue weighted by molar-refractivity contribution is -0.122. The third kappa shape index (κ3) is 5.50. The highest BCUT2D eigenvalue weighted by molar-refractivity contribution is 5.97. The third-order valence-corrected chi connectivity index (χ3v) is 9.23. The van der Waals surface area contributed by atoms with Gasteiger partial charge < -0.3 is 20.4 Å². The summed E-state index contributed by atoms with van der Waals surface area (Å²) in [5, 5.41) is 23.9. The number of fused-ring (bicyclic) bond motifs is 3. The highest BCUT2D eigenvalue weighted by Crippen LogP contribution is 2.49. The number of hydrogen-bond donors (Lipinski definition) is 3. The summed E-state index contributed by atoms with van der Waals surface area (Å²) in [6.07, 6.45) is 6.05. The lowest BCUT2D eigenvalue weighted by Gasteiger charge is -2.46. The number of phenols is 2. The van der Waals surface area contributed by atoms with E-state index < -0.39 is 0 Å². The monoisotopic (exact) mass is 538 g/mol. The molecule has 0 bridgehead atoms. The molecule has 0 radical (unpaired) electrons. The van der Waals surface area contributed by atoms with E-state index in [4.69, 9.17) is 0 Å². The van der Waals surface area contributed by atoms with Gasteiger partial charge in [-0.1, -0.05) is 42.5 Å². The van der Waals surface area contributed by atoms with Crippen LogP contribution in [0.5, 0.6) is 11.5 Å². The number of phenolic OH excluding ortho intramolecular Hbond substituents is 2. The topological polar surface area (TPSA) is 89.9 Å². The number of amides is 1. The van der Waals surface area contributed by atoms with Crippen LogP contribution in [-0.4, -0.2) is 53.0 Å². The van der Waals surface area contributed by atoms with Crippen LogP contribution in [-0.2, 0) is 17.6 Å². The molecule has 208 valence electrons. The summed E-state index contributed by atoms with van der Waals surface area (Å²) in [6, 6.07) is 19.4. The van der Waals surface area contributed by atoms with E-state index >= 15 is 0 Å². The Labute approximate surface area is 236 Å². The molecule has 6 heteroatoms. The molecule has 3 aromatic rings. The molecule has 3 N–H and O–H groups in total. The van der Waals surface area contributed by atoms with Gasteiger partial charge >= 0.3 is 0 Å². The van der Waals surface area contributed by atoms with Crippen molar-refractivity contribution in [2.75, 3.05) is 20.1 Å². The normalized spacial score (nSPS) is 22.1. The second-order valence-electron chi connectivity index (χ2n) is 12.0. The van der Waals surface area contributed by atoms with Crippen LogP contribution in [0.1, 0.15) is 65.1 Å². The number of hydrogen-bond acceptors (Lipinski definition) is 5. The van der Waals surface area contributed by atoms with Gasteiger partial charge in [-0.25, -0.2) is 0 Å². The Morgan fingerprint density at radius 2 is 1.62 bits per heavy atom. The van der Waals surface area contributed by atoms with Crippen LogP contribution in [0.15, 0.2) is 60.7 Å². The summed E-state index contributed by atoms with van der Waals surface area (Å²) in [7, 11) is 2.21. The Balaban J connectivity index is 1.13. The first-order valence-electron chi connectivity index (χ1n) is 14.6. The predicted molar refractivity (Wildman–Crippen MR) is 156 cm³/mol. The Bertz CT molecular complexity index is 1390. The van der Waals surface area contributed by atoms with Crippen LogP contribution in [0.25, 0.3) is 11.1 Å². The molecule has 0 heterocycles. The van der Waals surface area contributed by atoms with E-state index in [9.17, 15) is 19.8 Å². The number of rotatable bonds is 8. The number of carbonyl (C=O) groups excluding carboxylic acids is 2. The Morgan fingerprint density at radius 3 is 2.33 bits per heavy atom. The number of Topliss-reactive ketones (excluding diaryl/α,β-unsaturated/α-hetero) is 1. The van der Waals surface area contributed by atoms with E-state index in [0.29, 0.717) is 43.3 Å². The molecule has 0 saturated heterocycles. The highest BCUT2D eigenvalue weighted by atomic mass is 16.3. The number of benzene rings is 3. The molecular formula is C34H38N2O4. The number of nitrogens with one attached hydrogen (secondary N) is 1. The van der Waals surface area contributed by atoms with Gasteiger partial charge in [-0.05, 0) is 97.4 Å². The maximum absolute atomic E-state index is 13.2. The molecule has 3 aliphatic carbocycles. The van der Waals surface area contributed by atoms with Crippen molar-refractivity contribution in [1.29, 1.82) is 0 Å². The summed E-state index contributed by atoms with van der Waals surface area (Å²) >= 11 is 0. The van der Waals surface area contributed by atoms with E-state index in [2.05, 4.69) is 17.3 Å². The summed E-state index contributed by atoms with van der Waals surface area (Å²) < 4.78 is 0. The van der Waals surface area contributed by atoms with Gasteiger partial charge in [0.2, 0.25) is 0 Å². The molecule has 1 amide bonds. The van der Waals surface area contributed by atoms with Crippen LogP contribution < -0.4 is 5.32 Å². The zero-order valence-corrected chi connectivity index (χ0v) is 23.1. The fourth-order valence-electron chi connectivity index (χ4n) is 6.86. The van der Waals surface area contributed by atoms with Crippen molar-refractivity contribution in [3.05, 3.63) is 82.9 Å². The fourth-order valence-corrected chi connectivity index (χ4v) is 6.86. The van der Waals surface area contributed by atoms with Crippen molar-refractivity contribution in [1.82, 2.24) is 10.2 Å². The second kappa shape index (κ2) is 11.1. The van der Waals surface area contributed by atoms with Gasteiger partial charge in [0.1, 0.15) is 17.3 Å². The maximum atomic E-state index is 13.2. The van der Waals surface area contributed by atoms with Gasteiger partial charge in [-0.3, -0.25) is 9.59 Å². The third-order valence-electron chi connectivity index (χ3n) is 9.23. The molecule has 0 aliphatic heterocycles. The number of ketones is 1. The van der Waals surface area contributed by atoms with Gasteiger partial charge in [0.15, 0.2) is 0 Å². The van der Waals surface area contributed by atoms with Crippen molar-refractivity contribution in [3.63, 3.8) is 0 Å². The molecule has 6 nitrogen and oxygen atoms in total. The van der Waals surface area contributed by atoms with Gasteiger partial charge in [-0.2, -0.15) is 0 Å². The van der Waals surface area contributed by atoms with E-state index in [-0.39, 0.29) is 29.1 Å². The highest BCUT2D eigenvalue weighted by Gasteiger charge is 2.44. The minimum atomic E-state index is -0.285. The van der Waals surface area contributed by atoms with Crippen LogP contribution in [0.3, 0.4) is 0 Å². The summed E-state index contributed by atoms with van der Waals surface area (Å²) in [4.78, 5) is 28.2. The van der Waals surface area contributed by atoms with Crippen LogP contribution in [0.4, 0.5) is 0 Å². The zero-order chi connectivity index (χ0) is 27.8. The predicted octanol–water partition coefficient (Wildman–Crippen LogP) is 5.46. The van der Waals surface area contributed by atoms with E-state index in [1.165, 1.54) is 12.8 Å². The fraction of sp³-hybridized carbons (Fsp3) is 0.412.